The molecule has 0 saturated heterocycles. The molecular weight excluding hydrogens is 432 g/mol. The number of nitrogens with one attached hydrogen (secondary N) is 4. The van der Waals surface area contributed by atoms with Crippen molar-refractivity contribution in [2.24, 2.45) is 11.8 Å². The third-order valence-corrected chi connectivity index (χ3v) is 5.94. The molecule has 2 aromatic heterocycles. The summed E-state index contributed by atoms with van der Waals surface area (Å²) < 4.78 is 6.01. The lowest BCUT2D eigenvalue weighted by molar-refractivity contribution is 0.0937. The van der Waals surface area contributed by atoms with Crippen LogP contribution in [0.25, 0.3) is 0 Å². The number of hydrogen-bond acceptors (Lipinski definition) is 9. The number of nitrogens with zero attached hydrogens (tertiary/aromatic N) is 2. The number of phenolic OH excluding ortho intramolecular Hbond substituents is 1. The van der Waals surface area contributed by atoms with E-state index in [2.05, 4.69) is 35.1 Å². The van der Waals surface area contributed by atoms with Crippen molar-refractivity contribution in [1.29, 1.82) is 0 Å². The van der Waals surface area contributed by atoms with Gasteiger partial charge in [0.1, 0.15) is 17.3 Å². The van der Waals surface area contributed by atoms with E-state index in [0.717, 1.165) is 17.1 Å². The predicted molar refractivity (Wildman–Crippen MR) is 134 cm³/mol. The highest BCUT2D eigenvalue weighted by Gasteiger charge is 2.26. The molecule has 5 N–H and O–H groups in total. The Morgan fingerprint density at radius 2 is 1.76 bits per heavy atom. The number of para-hydroxylation sites is 1. The van der Waals surface area contributed by atoms with E-state index in [9.17, 15) is 9.90 Å². The van der Waals surface area contributed by atoms with E-state index in [1.54, 1.807) is 32.0 Å². The Bertz CT molecular complexity index is 1200. The van der Waals surface area contributed by atoms with E-state index in [-0.39, 0.29) is 35.0 Å². The van der Waals surface area contributed by atoms with Gasteiger partial charge in [0.25, 0.3) is 0 Å². The van der Waals surface area contributed by atoms with Crippen LogP contribution < -0.4 is 21.3 Å². The molecule has 1 atom stereocenters. The standard InChI is InChI=1S/C25H32N6O3/c1-12(2)19(18-10-14(5)15(6)34-18)29-25-24(30-22-23(31-25)27-11-26-22)28-17-9-7-8-16(21(17)33)20(32)13(3)4/h7-10,12-13,19,33H,11H2,1-6H3,(H2,26,28,30)(H2,27,29,31)/t19-/m1/s1. The minimum absolute atomic E-state index is 0.113. The number of fused-ring (bicyclic) bond motifs is 1. The number of rotatable bonds is 8. The number of ketones is 1. The Balaban J connectivity index is 1.73. The minimum atomic E-state index is -0.236. The van der Waals surface area contributed by atoms with E-state index >= 15 is 0 Å². The van der Waals surface area contributed by atoms with Crippen LogP contribution >= 0.6 is 0 Å². The molecule has 0 bridgehead atoms. The fourth-order valence-corrected chi connectivity index (χ4v) is 3.83. The van der Waals surface area contributed by atoms with Gasteiger partial charge in [-0.25, -0.2) is 9.97 Å². The summed E-state index contributed by atoms with van der Waals surface area (Å²) in [4.78, 5) is 22.0. The van der Waals surface area contributed by atoms with Crippen molar-refractivity contribution >= 4 is 34.7 Å². The van der Waals surface area contributed by atoms with Crippen LogP contribution in [-0.4, -0.2) is 27.5 Å². The molecule has 1 aliphatic rings. The van der Waals surface area contributed by atoms with Crippen molar-refractivity contribution in [3.05, 3.63) is 46.9 Å². The first-order chi connectivity index (χ1) is 16.2. The van der Waals surface area contributed by atoms with E-state index in [4.69, 9.17) is 14.4 Å². The number of hydrogen-bond donors (Lipinski definition) is 5. The lowest BCUT2D eigenvalue weighted by Gasteiger charge is -2.23. The van der Waals surface area contributed by atoms with Crippen molar-refractivity contribution in [2.45, 2.75) is 47.6 Å². The fourth-order valence-electron chi connectivity index (χ4n) is 3.83. The summed E-state index contributed by atoms with van der Waals surface area (Å²) >= 11 is 0. The Morgan fingerprint density at radius 3 is 2.35 bits per heavy atom. The van der Waals surface area contributed by atoms with Gasteiger partial charge >= 0.3 is 0 Å². The Labute approximate surface area is 199 Å². The SMILES string of the molecule is Cc1cc([C@H](Nc2nc3c(nc2Nc2cccc(C(=O)C(C)C)c2O)NCN3)C(C)C)oc1C. The van der Waals surface area contributed by atoms with Gasteiger partial charge in [0, 0.05) is 5.92 Å². The monoisotopic (exact) mass is 464 g/mol. The van der Waals surface area contributed by atoms with Crippen molar-refractivity contribution in [1.82, 2.24) is 9.97 Å². The molecule has 0 spiro atoms. The highest BCUT2D eigenvalue weighted by molar-refractivity contribution is 6.01. The lowest BCUT2D eigenvalue weighted by Crippen LogP contribution is -2.18. The van der Waals surface area contributed by atoms with Crippen LogP contribution in [0.3, 0.4) is 0 Å². The van der Waals surface area contributed by atoms with Crippen LogP contribution in [0.5, 0.6) is 5.75 Å². The summed E-state index contributed by atoms with van der Waals surface area (Å²) in [5.74, 6) is 3.57. The molecular formula is C25H32N6O3. The molecule has 1 aliphatic heterocycles. The average molecular weight is 465 g/mol. The molecule has 0 saturated carbocycles. The summed E-state index contributed by atoms with van der Waals surface area (Å²) in [6.45, 7) is 12.3. The molecule has 180 valence electrons. The van der Waals surface area contributed by atoms with Gasteiger partial charge in [-0.05, 0) is 43.5 Å². The number of Topliss-reactive ketones (excluding diaryl/α,β-unsaturated/α-hetero) is 1. The van der Waals surface area contributed by atoms with Gasteiger partial charge in [-0.3, -0.25) is 4.79 Å². The highest BCUT2D eigenvalue weighted by atomic mass is 16.3. The van der Waals surface area contributed by atoms with E-state index in [1.807, 2.05) is 19.9 Å². The van der Waals surface area contributed by atoms with Gasteiger partial charge in [-0.15, -0.1) is 0 Å². The first-order valence-electron chi connectivity index (χ1n) is 11.5. The number of aromatic nitrogens is 2. The van der Waals surface area contributed by atoms with E-state index in [1.165, 1.54) is 0 Å². The van der Waals surface area contributed by atoms with Gasteiger partial charge in [0.2, 0.25) is 0 Å². The van der Waals surface area contributed by atoms with Crippen molar-refractivity contribution < 1.29 is 14.3 Å². The molecule has 3 heterocycles. The van der Waals surface area contributed by atoms with E-state index < -0.39 is 0 Å². The van der Waals surface area contributed by atoms with Gasteiger partial charge in [-0.1, -0.05) is 33.8 Å². The fraction of sp³-hybridized carbons (Fsp3) is 0.400. The number of furan rings is 1. The zero-order chi connectivity index (χ0) is 24.6. The molecule has 0 aliphatic carbocycles. The van der Waals surface area contributed by atoms with Gasteiger partial charge in [-0.2, -0.15) is 0 Å². The largest absolute Gasteiger partial charge is 0.505 e. The minimum Gasteiger partial charge on any atom is -0.505 e. The number of carbonyl (C=O) groups is 1. The zero-order valence-corrected chi connectivity index (χ0v) is 20.4. The number of carbonyl (C=O) groups excluding carboxylic acids is 1. The van der Waals surface area contributed by atoms with Crippen LogP contribution in [0.2, 0.25) is 0 Å². The predicted octanol–water partition coefficient (Wildman–Crippen LogP) is 5.58. The normalized spacial score (nSPS) is 13.4. The first-order valence-corrected chi connectivity index (χ1v) is 11.5. The van der Waals surface area contributed by atoms with Crippen LogP contribution in [0.4, 0.5) is 29.0 Å². The second-order valence-corrected chi connectivity index (χ2v) is 9.25. The summed E-state index contributed by atoms with van der Waals surface area (Å²) in [6, 6.07) is 6.94. The smallest absolute Gasteiger partial charge is 0.176 e. The topological polar surface area (TPSA) is 124 Å². The third kappa shape index (κ3) is 4.50. The number of phenols is 1. The van der Waals surface area contributed by atoms with Gasteiger partial charge < -0.3 is 30.8 Å². The first kappa shape index (κ1) is 23.4. The Hall–Kier alpha value is -3.75. The van der Waals surface area contributed by atoms with Crippen molar-refractivity contribution in [2.75, 3.05) is 27.9 Å². The molecule has 9 nitrogen and oxygen atoms in total. The zero-order valence-electron chi connectivity index (χ0n) is 20.4. The van der Waals surface area contributed by atoms with Gasteiger partial charge in [0.15, 0.2) is 29.1 Å². The molecule has 3 aromatic rings. The molecule has 0 amide bonds. The van der Waals surface area contributed by atoms with Crippen LogP contribution in [0.15, 0.2) is 28.7 Å². The number of aromatic hydroxyl groups is 1. The summed E-state index contributed by atoms with van der Waals surface area (Å²) in [7, 11) is 0. The molecule has 4 rings (SSSR count). The number of anilines is 5. The number of aryl methyl sites for hydroxylation is 2. The second kappa shape index (κ2) is 9.24. The summed E-state index contributed by atoms with van der Waals surface area (Å²) in [5.41, 5.74) is 1.73. The van der Waals surface area contributed by atoms with Crippen molar-refractivity contribution in [3.63, 3.8) is 0 Å². The summed E-state index contributed by atoms with van der Waals surface area (Å²) in [6.07, 6.45) is 0. The summed E-state index contributed by atoms with van der Waals surface area (Å²) in [5, 5.41) is 23.8. The van der Waals surface area contributed by atoms with Crippen LogP contribution in [-0.2, 0) is 0 Å². The Kier molecular flexibility index (Phi) is 6.37. The molecule has 1 aromatic carbocycles. The molecule has 0 fully saturated rings. The Morgan fingerprint density at radius 1 is 1.09 bits per heavy atom. The van der Waals surface area contributed by atoms with E-state index in [0.29, 0.717) is 35.6 Å². The maximum Gasteiger partial charge on any atom is 0.176 e. The maximum absolute atomic E-state index is 12.5. The quantitative estimate of drug-likeness (QED) is 0.215. The molecule has 9 heteroatoms. The molecule has 34 heavy (non-hydrogen) atoms. The van der Waals surface area contributed by atoms with Crippen LogP contribution in [0, 0.1) is 25.7 Å². The number of benzene rings is 1. The van der Waals surface area contributed by atoms with Crippen molar-refractivity contribution in [3.8, 4) is 5.75 Å². The average Bonchev–Trinajstić information content (AvgIpc) is 3.37. The molecule has 0 radical (unpaired) electrons. The maximum atomic E-state index is 12.5. The van der Waals surface area contributed by atoms with Gasteiger partial charge in [0.05, 0.1) is 24.0 Å². The second-order valence-electron chi connectivity index (χ2n) is 9.25. The highest BCUT2D eigenvalue weighted by Crippen LogP contribution is 2.38. The van der Waals surface area contributed by atoms with Crippen LogP contribution in [0.1, 0.15) is 61.2 Å². The lowest BCUT2D eigenvalue weighted by atomic mass is 9.99. The third-order valence-electron chi connectivity index (χ3n) is 5.94. The molecule has 0 unspecified atom stereocenters.